The van der Waals surface area contributed by atoms with Gasteiger partial charge < -0.3 is 10.5 Å². The number of nitrogen functional groups attached to an aromatic ring is 1. The zero-order valence-electron chi connectivity index (χ0n) is 13.6. The molecule has 0 aliphatic rings. The van der Waals surface area contributed by atoms with Gasteiger partial charge >= 0.3 is 0 Å². The first-order valence-electron chi connectivity index (χ1n) is 7.08. The van der Waals surface area contributed by atoms with E-state index in [1.165, 1.54) is 0 Å². The van der Waals surface area contributed by atoms with Gasteiger partial charge in [0.25, 0.3) is 0 Å². The van der Waals surface area contributed by atoms with Crippen LogP contribution in [0.15, 0.2) is 18.2 Å². The Bertz CT molecular complexity index is 672. The number of ether oxygens (including phenoxy) is 1. The fourth-order valence-electron chi connectivity index (χ4n) is 2.16. The fraction of sp³-hybridized carbons (Fsp3) is 0.412. The zero-order valence-corrected chi connectivity index (χ0v) is 13.6. The smallest absolute Gasteiger partial charge is 0.227 e. The molecule has 0 spiro atoms. The van der Waals surface area contributed by atoms with Crippen molar-refractivity contribution in [2.24, 2.45) is 0 Å². The van der Waals surface area contributed by atoms with E-state index in [2.05, 4.69) is 42.9 Å². The number of rotatable bonds is 2. The fourth-order valence-corrected chi connectivity index (χ4v) is 2.16. The number of hydrogen-bond acceptors (Lipinski definition) is 4. The van der Waals surface area contributed by atoms with Gasteiger partial charge in [-0.3, -0.25) is 0 Å². The summed E-state index contributed by atoms with van der Waals surface area (Å²) in [6.07, 6.45) is 0. The molecule has 2 rings (SSSR count). The summed E-state index contributed by atoms with van der Waals surface area (Å²) in [6.45, 7) is 12.2. The maximum Gasteiger partial charge on any atom is 0.227 e. The van der Waals surface area contributed by atoms with Crippen LogP contribution >= 0.6 is 0 Å². The van der Waals surface area contributed by atoms with Crippen molar-refractivity contribution in [3.8, 4) is 11.6 Å². The highest BCUT2D eigenvalue weighted by Gasteiger charge is 2.20. The Kier molecular flexibility index (Phi) is 3.90. The van der Waals surface area contributed by atoms with Gasteiger partial charge in [0, 0.05) is 5.56 Å². The third-order valence-corrected chi connectivity index (χ3v) is 3.40. The molecule has 21 heavy (non-hydrogen) atoms. The van der Waals surface area contributed by atoms with Crippen molar-refractivity contribution in [2.75, 3.05) is 5.73 Å². The van der Waals surface area contributed by atoms with Crippen molar-refractivity contribution in [2.45, 2.75) is 47.0 Å². The summed E-state index contributed by atoms with van der Waals surface area (Å²) in [5.41, 5.74) is 8.94. The van der Waals surface area contributed by atoms with Gasteiger partial charge in [-0.2, -0.15) is 4.98 Å². The quantitative estimate of drug-likeness (QED) is 0.903. The molecule has 1 aromatic heterocycles. The molecule has 4 nitrogen and oxygen atoms in total. The molecule has 4 heteroatoms. The summed E-state index contributed by atoms with van der Waals surface area (Å²) in [5, 5.41) is 0. The Morgan fingerprint density at radius 2 is 1.71 bits per heavy atom. The second kappa shape index (κ2) is 5.35. The van der Waals surface area contributed by atoms with E-state index in [-0.39, 0.29) is 5.41 Å². The number of anilines is 1. The van der Waals surface area contributed by atoms with Crippen molar-refractivity contribution in [3.63, 3.8) is 0 Å². The Labute approximate surface area is 126 Å². The molecule has 0 aliphatic heterocycles. The van der Waals surface area contributed by atoms with E-state index < -0.39 is 0 Å². The number of nitrogens with two attached hydrogens (primary N) is 1. The molecule has 2 aromatic rings. The minimum Gasteiger partial charge on any atom is -0.438 e. The number of aromatic nitrogens is 2. The number of benzene rings is 1. The van der Waals surface area contributed by atoms with Crippen LogP contribution < -0.4 is 10.5 Å². The van der Waals surface area contributed by atoms with E-state index in [9.17, 15) is 0 Å². The van der Waals surface area contributed by atoms with Crippen LogP contribution in [0.5, 0.6) is 11.6 Å². The van der Waals surface area contributed by atoms with Gasteiger partial charge in [0.15, 0.2) is 0 Å². The third-order valence-electron chi connectivity index (χ3n) is 3.40. The van der Waals surface area contributed by atoms with E-state index >= 15 is 0 Å². The average molecular weight is 285 g/mol. The Hall–Kier alpha value is -2.10. The van der Waals surface area contributed by atoms with Crippen LogP contribution in [0, 0.1) is 20.8 Å². The highest BCUT2D eigenvalue weighted by molar-refractivity contribution is 5.48. The van der Waals surface area contributed by atoms with Gasteiger partial charge in [-0.05, 0) is 37.8 Å². The molecule has 1 aromatic carbocycles. The largest absolute Gasteiger partial charge is 0.438 e. The molecule has 0 saturated carbocycles. The molecule has 0 bridgehead atoms. The molecular weight excluding hydrogens is 262 g/mol. The van der Waals surface area contributed by atoms with Crippen molar-refractivity contribution in [3.05, 3.63) is 40.7 Å². The normalized spacial score (nSPS) is 11.5. The SMILES string of the molecule is Cc1ccc(C(C)(C)C)c(Oc2nc(C)nc(N)c2C)c1. The van der Waals surface area contributed by atoms with Gasteiger partial charge in [0.1, 0.15) is 17.4 Å². The Balaban J connectivity index is 2.52. The second-order valence-corrected chi connectivity index (χ2v) is 6.44. The summed E-state index contributed by atoms with van der Waals surface area (Å²) < 4.78 is 6.08. The molecule has 112 valence electrons. The maximum atomic E-state index is 6.08. The number of nitrogens with zero attached hydrogens (tertiary/aromatic N) is 2. The molecule has 0 radical (unpaired) electrons. The zero-order chi connectivity index (χ0) is 15.8. The molecule has 0 amide bonds. The topological polar surface area (TPSA) is 61.0 Å². The lowest BCUT2D eigenvalue weighted by Gasteiger charge is -2.23. The predicted octanol–water partition coefficient (Wildman–Crippen LogP) is 4.07. The monoisotopic (exact) mass is 285 g/mol. The van der Waals surface area contributed by atoms with Crippen LogP contribution in [0.25, 0.3) is 0 Å². The lowest BCUT2D eigenvalue weighted by atomic mass is 9.86. The summed E-state index contributed by atoms with van der Waals surface area (Å²) in [5.74, 6) is 2.42. The summed E-state index contributed by atoms with van der Waals surface area (Å²) >= 11 is 0. The predicted molar refractivity (Wildman–Crippen MR) is 85.9 cm³/mol. The van der Waals surface area contributed by atoms with Crippen LogP contribution in [0.2, 0.25) is 0 Å². The Morgan fingerprint density at radius 3 is 2.33 bits per heavy atom. The molecule has 0 saturated heterocycles. The second-order valence-electron chi connectivity index (χ2n) is 6.44. The Morgan fingerprint density at radius 1 is 1.05 bits per heavy atom. The first-order valence-corrected chi connectivity index (χ1v) is 7.08. The molecule has 0 fully saturated rings. The van der Waals surface area contributed by atoms with Gasteiger partial charge in [-0.1, -0.05) is 32.9 Å². The minimum absolute atomic E-state index is 0.00937. The van der Waals surface area contributed by atoms with E-state index in [0.717, 1.165) is 22.4 Å². The first kappa shape index (κ1) is 15.3. The van der Waals surface area contributed by atoms with E-state index in [4.69, 9.17) is 10.5 Å². The lowest BCUT2D eigenvalue weighted by Crippen LogP contribution is -2.13. The number of hydrogen-bond donors (Lipinski definition) is 1. The first-order chi connectivity index (χ1) is 9.68. The van der Waals surface area contributed by atoms with Crippen LogP contribution in [-0.2, 0) is 5.41 Å². The van der Waals surface area contributed by atoms with E-state index in [1.807, 2.05) is 26.8 Å². The van der Waals surface area contributed by atoms with Crippen molar-refractivity contribution >= 4 is 5.82 Å². The van der Waals surface area contributed by atoms with Gasteiger partial charge in [-0.25, -0.2) is 4.98 Å². The molecule has 0 unspecified atom stereocenters. The molecule has 1 heterocycles. The average Bonchev–Trinajstić information content (AvgIpc) is 2.34. The van der Waals surface area contributed by atoms with Crippen LogP contribution in [-0.4, -0.2) is 9.97 Å². The minimum atomic E-state index is -0.00937. The van der Waals surface area contributed by atoms with Gasteiger partial charge in [-0.15, -0.1) is 0 Å². The van der Waals surface area contributed by atoms with Crippen LogP contribution in [0.3, 0.4) is 0 Å². The summed E-state index contributed by atoms with van der Waals surface area (Å²) in [7, 11) is 0. The van der Waals surface area contributed by atoms with Crippen LogP contribution in [0.1, 0.15) is 43.3 Å². The standard InChI is InChI=1S/C17H23N3O/c1-10-7-8-13(17(4,5)6)14(9-10)21-16-11(2)15(18)19-12(3)20-16/h7-9H,1-6H3,(H2,18,19,20). The molecule has 2 N–H and O–H groups in total. The molecule has 0 atom stereocenters. The van der Waals surface area contributed by atoms with Crippen molar-refractivity contribution in [1.29, 1.82) is 0 Å². The highest BCUT2D eigenvalue weighted by atomic mass is 16.5. The van der Waals surface area contributed by atoms with Crippen molar-refractivity contribution in [1.82, 2.24) is 9.97 Å². The van der Waals surface area contributed by atoms with Crippen molar-refractivity contribution < 1.29 is 4.74 Å². The molecular formula is C17H23N3O. The molecule has 0 aliphatic carbocycles. The summed E-state index contributed by atoms with van der Waals surface area (Å²) in [4.78, 5) is 8.52. The van der Waals surface area contributed by atoms with Crippen LogP contribution in [0.4, 0.5) is 5.82 Å². The van der Waals surface area contributed by atoms with Gasteiger partial charge in [0.05, 0.1) is 5.56 Å². The van der Waals surface area contributed by atoms with E-state index in [1.54, 1.807) is 0 Å². The third kappa shape index (κ3) is 3.32. The van der Waals surface area contributed by atoms with E-state index in [0.29, 0.717) is 17.5 Å². The lowest BCUT2D eigenvalue weighted by molar-refractivity contribution is 0.434. The highest BCUT2D eigenvalue weighted by Crippen LogP contribution is 2.35. The summed E-state index contributed by atoms with van der Waals surface area (Å²) in [6, 6.07) is 6.24. The number of aryl methyl sites for hydroxylation is 2. The maximum absolute atomic E-state index is 6.08. The van der Waals surface area contributed by atoms with Gasteiger partial charge in [0.2, 0.25) is 5.88 Å².